The molecule has 162 valence electrons. The van der Waals surface area contributed by atoms with Gasteiger partial charge in [0, 0.05) is 37.3 Å². The van der Waals surface area contributed by atoms with Gasteiger partial charge in [-0.2, -0.15) is 4.98 Å². The Balaban J connectivity index is 1.46. The van der Waals surface area contributed by atoms with Crippen LogP contribution in [0.5, 0.6) is 0 Å². The van der Waals surface area contributed by atoms with Gasteiger partial charge < -0.3 is 19.3 Å². The molecule has 9 heteroatoms. The van der Waals surface area contributed by atoms with Gasteiger partial charge in [-0.25, -0.2) is 9.78 Å². The van der Waals surface area contributed by atoms with E-state index in [1.54, 1.807) is 0 Å². The summed E-state index contributed by atoms with van der Waals surface area (Å²) in [5.41, 5.74) is 1.82. The molecular formula is C21H28ClN5O3. The number of carbonyl (C=O) groups excluding carboxylic acids is 1. The second-order valence-electron chi connectivity index (χ2n) is 9.79. The minimum Gasteiger partial charge on any atom is -0.444 e. The number of anilines is 1. The molecule has 0 aromatic carbocycles. The van der Waals surface area contributed by atoms with Crippen molar-refractivity contribution in [2.45, 2.75) is 51.6 Å². The summed E-state index contributed by atoms with van der Waals surface area (Å²) in [4.78, 5) is 30.9. The van der Waals surface area contributed by atoms with E-state index in [0.717, 1.165) is 48.8 Å². The Morgan fingerprint density at radius 1 is 1.20 bits per heavy atom. The van der Waals surface area contributed by atoms with E-state index in [1.165, 1.54) is 0 Å². The number of hydrogen-bond donors (Lipinski definition) is 0. The maximum atomic E-state index is 12.7. The molecular weight excluding hydrogens is 406 g/mol. The minimum absolute atomic E-state index is 0.185. The highest BCUT2D eigenvalue weighted by Gasteiger charge is 2.77. The Morgan fingerprint density at radius 2 is 1.93 bits per heavy atom. The van der Waals surface area contributed by atoms with Gasteiger partial charge >= 0.3 is 6.09 Å². The van der Waals surface area contributed by atoms with Crippen molar-refractivity contribution in [2.24, 2.45) is 10.4 Å². The van der Waals surface area contributed by atoms with Crippen LogP contribution in [0.3, 0.4) is 0 Å². The highest BCUT2D eigenvalue weighted by Crippen LogP contribution is 2.70. The maximum absolute atomic E-state index is 12.7. The van der Waals surface area contributed by atoms with Gasteiger partial charge in [0.2, 0.25) is 5.28 Å². The summed E-state index contributed by atoms with van der Waals surface area (Å²) in [5.74, 6) is 0.796. The van der Waals surface area contributed by atoms with Gasteiger partial charge in [-0.15, -0.1) is 0 Å². The van der Waals surface area contributed by atoms with Gasteiger partial charge in [0.15, 0.2) is 5.82 Å². The van der Waals surface area contributed by atoms with Crippen molar-refractivity contribution in [2.75, 3.05) is 44.3 Å². The van der Waals surface area contributed by atoms with Crippen molar-refractivity contribution in [3.05, 3.63) is 11.0 Å². The number of aliphatic imine (C=N–C) groups is 1. The second-order valence-corrected chi connectivity index (χ2v) is 10.1. The quantitative estimate of drug-likeness (QED) is 0.632. The van der Waals surface area contributed by atoms with Crippen molar-refractivity contribution >= 4 is 34.9 Å². The molecule has 1 amide bonds. The molecule has 3 fully saturated rings. The molecule has 1 spiro atoms. The second kappa shape index (κ2) is 6.53. The first-order valence-electron chi connectivity index (χ1n) is 10.6. The normalized spacial score (nSPS) is 30.1. The lowest BCUT2D eigenvalue weighted by molar-refractivity contribution is 0.0144. The van der Waals surface area contributed by atoms with Crippen LogP contribution in [0.1, 0.15) is 46.2 Å². The molecule has 1 aromatic heterocycles. The molecule has 0 N–H and O–H groups in total. The summed E-state index contributed by atoms with van der Waals surface area (Å²) in [7, 11) is 0. The molecule has 2 atom stereocenters. The number of halogens is 1. The molecule has 4 heterocycles. The first-order chi connectivity index (χ1) is 14.2. The molecule has 2 saturated heterocycles. The molecule has 5 rings (SSSR count). The number of rotatable bonds is 1. The number of nitrogens with zero attached hydrogens (tertiary/aromatic N) is 5. The van der Waals surface area contributed by atoms with Crippen LogP contribution >= 0.6 is 11.6 Å². The highest BCUT2D eigenvalue weighted by molar-refractivity contribution is 6.29. The zero-order valence-electron chi connectivity index (χ0n) is 18.0. The summed E-state index contributed by atoms with van der Waals surface area (Å²) >= 11 is 6.36. The van der Waals surface area contributed by atoms with Gasteiger partial charge in [0.05, 0.1) is 24.3 Å². The van der Waals surface area contributed by atoms with E-state index in [9.17, 15) is 4.79 Å². The van der Waals surface area contributed by atoms with Gasteiger partial charge in [-0.1, -0.05) is 0 Å². The third kappa shape index (κ3) is 2.83. The molecule has 3 aliphatic heterocycles. The molecule has 0 radical (unpaired) electrons. The molecule has 8 nitrogen and oxygen atoms in total. The van der Waals surface area contributed by atoms with E-state index in [1.807, 2.05) is 25.7 Å². The molecule has 1 aromatic rings. The lowest BCUT2D eigenvalue weighted by Crippen LogP contribution is -2.45. The number of morpholine rings is 1. The van der Waals surface area contributed by atoms with E-state index in [-0.39, 0.29) is 22.2 Å². The highest BCUT2D eigenvalue weighted by atomic mass is 35.5. The molecule has 30 heavy (non-hydrogen) atoms. The van der Waals surface area contributed by atoms with Gasteiger partial charge in [-0.3, -0.25) is 4.99 Å². The Morgan fingerprint density at radius 3 is 2.63 bits per heavy atom. The minimum atomic E-state index is -0.511. The van der Waals surface area contributed by atoms with Gasteiger partial charge in [0.25, 0.3) is 0 Å². The lowest BCUT2D eigenvalue weighted by atomic mass is 9.83. The number of likely N-dealkylation sites (tertiary alicyclic amines) is 1. The smallest absolute Gasteiger partial charge is 0.410 e. The fraction of sp³-hybridized carbons (Fsp3) is 0.714. The zero-order valence-corrected chi connectivity index (χ0v) is 18.8. The Kier molecular flexibility index (Phi) is 4.35. The van der Waals surface area contributed by atoms with E-state index in [0.29, 0.717) is 26.3 Å². The molecule has 2 unspecified atom stereocenters. The first-order valence-corrected chi connectivity index (χ1v) is 11.0. The van der Waals surface area contributed by atoms with E-state index in [2.05, 4.69) is 21.8 Å². The van der Waals surface area contributed by atoms with E-state index < -0.39 is 5.60 Å². The number of aromatic nitrogens is 2. The Labute approximate surface area is 181 Å². The van der Waals surface area contributed by atoms with Crippen LogP contribution in [0.15, 0.2) is 4.99 Å². The zero-order chi connectivity index (χ0) is 21.3. The standard InChI is InChI=1S/C21H28ClN5O3/c1-19(2,3)30-18(28)27-7-5-6-21(12-27)16-20(21,4)14-13(23-16)15(25-17(22)24-14)26-8-10-29-11-9-26/h5-12H2,1-4H3. The average molecular weight is 434 g/mol. The van der Waals surface area contributed by atoms with Gasteiger partial charge in [-0.05, 0) is 52.1 Å². The third-order valence-electron chi connectivity index (χ3n) is 6.81. The number of amides is 1. The van der Waals surface area contributed by atoms with Crippen molar-refractivity contribution in [1.29, 1.82) is 0 Å². The summed E-state index contributed by atoms with van der Waals surface area (Å²) in [6, 6.07) is 0. The number of carbonyl (C=O) groups is 1. The fourth-order valence-electron chi connectivity index (χ4n) is 5.31. The van der Waals surface area contributed by atoms with Crippen LogP contribution in [0.2, 0.25) is 5.28 Å². The maximum Gasteiger partial charge on any atom is 0.410 e. The van der Waals surface area contributed by atoms with Crippen LogP contribution in [-0.4, -0.2) is 71.7 Å². The number of piperidine rings is 1. The first kappa shape index (κ1) is 20.0. The fourth-order valence-corrected chi connectivity index (χ4v) is 5.48. The number of ether oxygens (including phenoxy) is 2. The predicted octanol–water partition coefficient (Wildman–Crippen LogP) is 3.34. The van der Waals surface area contributed by atoms with E-state index in [4.69, 9.17) is 26.1 Å². The Bertz CT molecular complexity index is 939. The number of hydrogen-bond acceptors (Lipinski definition) is 7. The monoisotopic (exact) mass is 433 g/mol. The molecule has 0 bridgehead atoms. The Hall–Kier alpha value is -1.93. The van der Waals surface area contributed by atoms with Crippen LogP contribution in [-0.2, 0) is 14.9 Å². The van der Waals surface area contributed by atoms with Crippen LogP contribution in [0.25, 0.3) is 0 Å². The lowest BCUT2D eigenvalue weighted by Gasteiger charge is -2.36. The third-order valence-corrected chi connectivity index (χ3v) is 6.98. The van der Waals surface area contributed by atoms with Crippen molar-refractivity contribution in [3.63, 3.8) is 0 Å². The SMILES string of the molecule is CC(C)(C)OC(=O)N1CCCC2(C1)C1=Nc3c(N4CCOCC4)nc(Cl)nc3C12C. The van der Waals surface area contributed by atoms with Crippen LogP contribution in [0, 0.1) is 5.41 Å². The average Bonchev–Trinajstić information content (AvgIpc) is 3.00. The van der Waals surface area contributed by atoms with Crippen molar-refractivity contribution < 1.29 is 14.3 Å². The summed E-state index contributed by atoms with van der Waals surface area (Å²) in [6.07, 6.45) is 1.64. The van der Waals surface area contributed by atoms with Gasteiger partial charge in [0.1, 0.15) is 11.3 Å². The molecule has 4 aliphatic rings. The van der Waals surface area contributed by atoms with Crippen LogP contribution < -0.4 is 4.90 Å². The molecule has 1 aliphatic carbocycles. The summed E-state index contributed by atoms with van der Waals surface area (Å²) in [6.45, 7) is 12.0. The van der Waals surface area contributed by atoms with E-state index >= 15 is 0 Å². The topological polar surface area (TPSA) is 80.2 Å². The van der Waals surface area contributed by atoms with Crippen LogP contribution in [0.4, 0.5) is 16.3 Å². The predicted molar refractivity (Wildman–Crippen MR) is 114 cm³/mol. The number of fused-ring (bicyclic) bond motifs is 5. The molecule has 1 saturated carbocycles. The van der Waals surface area contributed by atoms with Crippen molar-refractivity contribution in [3.8, 4) is 0 Å². The summed E-state index contributed by atoms with van der Waals surface area (Å²) < 4.78 is 11.1. The van der Waals surface area contributed by atoms with Crippen molar-refractivity contribution in [1.82, 2.24) is 14.9 Å². The summed E-state index contributed by atoms with van der Waals surface area (Å²) in [5, 5.41) is 0.245. The largest absolute Gasteiger partial charge is 0.444 e.